The molecule has 65 heavy (non-hydrogen) atoms. The summed E-state index contributed by atoms with van der Waals surface area (Å²) in [6.07, 6.45) is 3.42. The summed E-state index contributed by atoms with van der Waals surface area (Å²) in [5, 5.41) is 8.50. The van der Waals surface area contributed by atoms with E-state index in [1.165, 1.54) is 18.2 Å². The normalized spacial score (nSPS) is 26.5. The van der Waals surface area contributed by atoms with E-state index in [9.17, 15) is 31.5 Å². The molecule has 4 aromatic rings. The molecular formula is C46H47Cl2F5N4O8. The largest absolute Gasteiger partial charge is 0.492 e. The number of alkyl halides is 4. The Kier molecular flexibility index (Phi) is 14.0. The van der Waals surface area contributed by atoms with E-state index < -0.39 is 28.9 Å². The molecule has 0 unspecified atom stereocenters. The van der Waals surface area contributed by atoms with E-state index in [2.05, 4.69) is 9.97 Å². The Bertz CT molecular complexity index is 2310. The zero-order chi connectivity index (χ0) is 46.0. The molecule has 4 saturated heterocycles. The number of carbonyl (C=O) groups excluding carboxylic acids is 2. The molecule has 4 aliphatic heterocycles. The quantitative estimate of drug-likeness (QED) is 0.172. The van der Waals surface area contributed by atoms with Crippen LogP contribution in [0.15, 0.2) is 85.2 Å². The number of ether oxygens (including phenoxy) is 5. The van der Waals surface area contributed by atoms with Gasteiger partial charge in [0, 0.05) is 87.7 Å². The molecule has 2 aliphatic carbocycles. The lowest BCUT2D eigenvalue weighted by Gasteiger charge is -2.41. The van der Waals surface area contributed by atoms with E-state index in [4.69, 9.17) is 52.0 Å². The minimum Gasteiger partial charge on any atom is -0.492 e. The van der Waals surface area contributed by atoms with Crippen LogP contribution in [0.5, 0.6) is 5.75 Å². The van der Waals surface area contributed by atoms with Crippen LogP contribution in [0, 0.1) is 17.7 Å². The number of amides is 2. The Hall–Kier alpha value is -4.49. The highest BCUT2D eigenvalue weighted by Gasteiger charge is 2.53. The molecule has 1 N–H and O–H groups in total. The topological polar surface area (TPSA) is 133 Å². The number of likely N-dealkylation sites (tertiary alicyclic amines) is 2. The van der Waals surface area contributed by atoms with Gasteiger partial charge in [-0.2, -0.15) is 0 Å². The first-order valence-electron chi connectivity index (χ1n) is 21.3. The first kappa shape index (κ1) is 47.0. The maximum atomic E-state index is 13.3. The number of halogens is 7. The fourth-order valence-corrected chi connectivity index (χ4v) is 9.46. The molecule has 0 spiro atoms. The van der Waals surface area contributed by atoms with Gasteiger partial charge in [0.25, 0.3) is 11.8 Å². The van der Waals surface area contributed by atoms with Crippen molar-refractivity contribution in [2.24, 2.45) is 11.8 Å². The molecule has 4 atom stereocenters. The fraction of sp³-hybridized carbons (Fsp3) is 0.478. The van der Waals surface area contributed by atoms with Crippen LogP contribution in [0.4, 0.5) is 22.0 Å². The van der Waals surface area contributed by atoms with Crippen LogP contribution in [0.25, 0.3) is 0 Å². The molecule has 2 amide bonds. The predicted molar refractivity (Wildman–Crippen MR) is 225 cm³/mol. The van der Waals surface area contributed by atoms with Gasteiger partial charge >= 0.3 is 0 Å². The Morgan fingerprint density at radius 1 is 0.708 bits per heavy atom. The summed E-state index contributed by atoms with van der Waals surface area (Å²) >= 11 is 12.1. The maximum absolute atomic E-state index is 13.3. The van der Waals surface area contributed by atoms with Crippen LogP contribution in [0.1, 0.15) is 70.6 Å². The van der Waals surface area contributed by atoms with E-state index in [1.807, 2.05) is 36.4 Å². The number of hydrogen-bond donors (Lipinski definition) is 1. The molecule has 2 saturated carbocycles. The van der Waals surface area contributed by atoms with Crippen molar-refractivity contribution >= 4 is 35.0 Å². The fourth-order valence-electron chi connectivity index (χ4n) is 9.05. The number of fused-ring (bicyclic) bond motifs is 2. The third-order valence-electron chi connectivity index (χ3n) is 12.7. The molecule has 12 nitrogen and oxygen atoms in total. The van der Waals surface area contributed by atoms with Crippen molar-refractivity contribution in [3.63, 3.8) is 0 Å². The molecule has 2 aromatic heterocycles. The van der Waals surface area contributed by atoms with Crippen molar-refractivity contribution in [2.45, 2.75) is 73.8 Å². The predicted octanol–water partition coefficient (Wildman–Crippen LogP) is 8.29. The summed E-state index contributed by atoms with van der Waals surface area (Å²) in [5.74, 6) is -5.88. The van der Waals surface area contributed by atoms with Gasteiger partial charge in [-0.05, 0) is 66.6 Å². The van der Waals surface area contributed by atoms with Crippen molar-refractivity contribution < 1.29 is 60.3 Å². The molecule has 2 aromatic carbocycles. The standard InChI is InChI=1S/C23H23ClF2N2O4.C18H16ClFN2O3.C5H8F2O/c24-17-9-16(4-5-18(17)30-13-15-10-22(25,26)11-15)21(29)28-8-6-23(19-3-1-2-7-27-19)20(12-28)31-14-32-23;19-13-9-12(4-5-14(13)20)17(23)22-8-6-18(15-3-1-2-7-21-15)16(10-22)24-11-25-18;6-5(7)1-4(2-5)3-8/h1-5,7,9,15,20H,6,8,10-14H2;1-5,7,9,16H,6,8,10-11H2;4,8H,1-3H2/t20-,23-;16-,18-;/m00./s1. The first-order chi connectivity index (χ1) is 31.1. The van der Waals surface area contributed by atoms with Crippen LogP contribution >= 0.6 is 23.2 Å². The number of rotatable bonds is 8. The highest BCUT2D eigenvalue weighted by atomic mass is 35.5. The number of benzene rings is 2. The van der Waals surface area contributed by atoms with E-state index in [1.54, 1.807) is 40.4 Å². The van der Waals surface area contributed by atoms with E-state index in [-0.39, 0.29) is 98.4 Å². The van der Waals surface area contributed by atoms with Gasteiger partial charge in [0.05, 0.1) is 41.1 Å². The second-order valence-electron chi connectivity index (χ2n) is 17.1. The minimum absolute atomic E-state index is 0.0638. The molecule has 0 bridgehead atoms. The first-order valence-corrected chi connectivity index (χ1v) is 22.0. The number of aliphatic hydroxyl groups is 1. The highest BCUT2D eigenvalue weighted by molar-refractivity contribution is 6.32. The summed E-state index contributed by atoms with van der Waals surface area (Å²) in [6.45, 7) is 2.16. The number of piperidine rings is 2. The SMILES string of the molecule is O=C(c1ccc(F)c(Cl)c1)N1CC[C@@]2(c3ccccn3)OCO[C@H]2C1.O=C(c1ccc(OCC2CC(F)(F)C2)c(Cl)c1)N1CC[C@@]2(c3ccccn3)OCO[C@H]2C1.OCC1CC(F)(F)C1. The second-order valence-corrected chi connectivity index (χ2v) is 17.9. The molecule has 6 heterocycles. The third kappa shape index (κ3) is 10.3. The minimum atomic E-state index is -2.58. The van der Waals surface area contributed by atoms with Gasteiger partial charge in [-0.1, -0.05) is 35.3 Å². The number of pyridine rings is 2. The zero-order valence-corrected chi connectivity index (χ0v) is 36.5. The van der Waals surface area contributed by atoms with Crippen molar-refractivity contribution in [1.29, 1.82) is 0 Å². The van der Waals surface area contributed by atoms with Crippen LogP contribution < -0.4 is 4.74 Å². The van der Waals surface area contributed by atoms with Crippen LogP contribution in [-0.2, 0) is 30.1 Å². The summed E-state index contributed by atoms with van der Waals surface area (Å²) < 4.78 is 92.0. The highest BCUT2D eigenvalue weighted by Crippen LogP contribution is 2.45. The van der Waals surface area contributed by atoms with Crippen LogP contribution in [0.3, 0.4) is 0 Å². The van der Waals surface area contributed by atoms with Gasteiger partial charge in [0.2, 0.25) is 11.8 Å². The lowest BCUT2D eigenvalue weighted by atomic mass is 9.82. The van der Waals surface area contributed by atoms with E-state index >= 15 is 0 Å². The molecule has 0 radical (unpaired) electrons. The smallest absolute Gasteiger partial charge is 0.254 e. The Morgan fingerprint density at radius 3 is 1.63 bits per heavy atom. The zero-order valence-electron chi connectivity index (χ0n) is 35.0. The van der Waals surface area contributed by atoms with E-state index in [0.717, 1.165) is 11.4 Å². The number of aromatic nitrogens is 2. The number of carbonyl (C=O) groups is 2. The Balaban J connectivity index is 0.000000155. The monoisotopic (exact) mass is 948 g/mol. The number of nitrogens with zero attached hydrogens (tertiary/aromatic N) is 4. The average Bonchev–Trinajstić information content (AvgIpc) is 3.94. The van der Waals surface area contributed by atoms with Crippen molar-refractivity contribution in [3.8, 4) is 5.75 Å². The number of hydrogen-bond acceptors (Lipinski definition) is 10. The lowest BCUT2D eigenvalue weighted by Crippen LogP contribution is -2.53. The van der Waals surface area contributed by atoms with Gasteiger partial charge in [-0.15, -0.1) is 0 Å². The third-order valence-corrected chi connectivity index (χ3v) is 13.3. The summed E-state index contributed by atoms with van der Waals surface area (Å²) in [6, 6.07) is 20.2. The molecule has 6 aliphatic rings. The Labute approximate surface area is 381 Å². The van der Waals surface area contributed by atoms with Gasteiger partial charge in [-0.3, -0.25) is 19.6 Å². The van der Waals surface area contributed by atoms with Gasteiger partial charge in [0.1, 0.15) is 48.6 Å². The van der Waals surface area contributed by atoms with E-state index in [0.29, 0.717) is 55.9 Å². The van der Waals surface area contributed by atoms with Gasteiger partial charge in [0.15, 0.2) is 0 Å². The van der Waals surface area contributed by atoms with Crippen LogP contribution in [-0.4, -0.2) is 114 Å². The maximum Gasteiger partial charge on any atom is 0.254 e. The van der Waals surface area contributed by atoms with Crippen LogP contribution in [0.2, 0.25) is 10.0 Å². The summed E-state index contributed by atoms with van der Waals surface area (Å²) in [5.41, 5.74) is 1.14. The van der Waals surface area contributed by atoms with Gasteiger partial charge < -0.3 is 38.6 Å². The average molecular weight is 950 g/mol. The molecule has 348 valence electrons. The second kappa shape index (κ2) is 19.4. The molecule has 19 heteroatoms. The van der Waals surface area contributed by atoms with Gasteiger partial charge in [-0.25, -0.2) is 22.0 Å². The molecular weight excluding hydrogens is 902 g/mol. The molecule has 6 fully saturated rings. The lowest BCUT2D eigenvalue weighted by molar-refractivity contribution is -0.121. The summed E-state index contributed by atoms with van der Waals surface area (Å²) in [7, 11) is 0. The molecule has 10 rings (SSSR count). The van der Waals surface area contributed by atoms with Crippen molar-refractivity contribution in [2.75, 3.05) is 53.0 Å². The van der Waals surface area contributed by atoms with Crippen molar-refractivity contribution in [1.82, 2.24) is 19.8 Å². The number of aliphatic hydroxyl groups excluding tert-OH is 1. The Morgan fingerprint density at radius 2 is 1.20 bits per heavy atom. The summed E-state index contributed by atoms with van der Waals surface area (Å²) in [4.78, 5) is 38.1. The van der Waals surface area contributed by atoms with Crippen molar-refractivity contribution in [3.05, 3.63) is 124 Å².